The Morgan fingerprint density at radius 1 is 1.19 bits per heavy atom. The Kier molecular flexibility index (Phi) is 4.52. The maximum absolute atomic E-state index is 12.9. The Morgan fingerprint density at radius 3 is 2.63 bits per heavy atom. The summed E-state index contributed by atoms with van der Waals surface area (Å²) in [5.41, 5.74) is 2.09. The van der Waals surface area contributed by atoms with Crippen LogP contribution in [0.15, 0.2) is 59.6 Å². The summed E-state index contributed by atoms with van der Waals surface area (Å²) in [6.45, 7) is 4.90. The first kappa shape index (κ1) is 17.8. The average molecular weight is 426 g/mol. The van der Waals surface area contributed by atoms with E-state index in [4.69, 9.17) is 0 Å². The van der Waals surface area contributed by atoms with Gasteiger partial charge in [0.15, 0.2) is 0 Å². The molecule has 1 saturated heterocycles. The van der Waals surface area contributed by atoms with Gasteiger partial charge in [-0.2, -0.15) is 0 Å². The fourth-order valence-corrected chi connectivity index (χ4v) is 4.02. The smallest absolute Gasteiger partial charge is 0.246 e. The number of carbonyl (C=O) groups excluding carboxylic acids is 2. The molecule has 0 radical (unpaired) electrons. The fraction of sp³-hybridized carbons (Fsp3) is 0.238. The number of fused-ring (bicyclic) bond motifs is 3. The van der Waals surface area contributed by atoms with E-state index in [0.29, 0.717) is 13.1 Å². The van der Waals surface area contributed by atoms with Gasteiger partial charge in [-0.25, -0.2) is 0 Å². The van der Waals surface area contributed by atoms with Gasteiger partial charge < -0.3 is 14.4 Å². The lowest BCUT2D eigenvalue weighted by Crippen LogP contribution is -2.61. The molecule has 0 aliphatic carbocycles. The minimum Gasteiger partial charge on any atom is -0.338 e. The zero-order chi connectivity index (χ0) is 19.1. The largest absolute Gasteiger partial charge is 0.338 e. The summed E-state index contributed by atoms with van der Waals surface area (Å²) < 4.78 is 3.09. The molecule has 1 aromatic heterocycles. The molecule has 0 bridgehead atoms. The van der Waals surface area contributed by atoms with Gasteiger partial charge in [0.1, 0.15) is 6.54 Å². The highest BCUT2D eigenvalue weighted by atomic mass is 79.9. The van der Waals surface area contributed by atoms with Crippen molar-refractivity contribution in [1.82, 2.24) is 14.4 Å². The van der Waals surface area contributed by atoms with Gasteiger partial charge in [-0.05, 0) is 30.3 Å². The molecule has 5 nitrogen and oxygen atoms in total. The second-order valence-corrected chi connectivity index (χ2v) is 7.79. The van der Waals surface area contributed by atoms with E-state index >= 15 is 0 Å². The lowest BCUT2D eigenvalue weighted by atomic mass is 10.1. The molecule has 4 rings (SSSR count). The minimum absolute atomic E-state index is 0.0382. The number of carbonyl (C=O) groups is 2. The summed E-state index contributed by atoms with van der Waals surface area (Å²) in [5.74, 6) is -0.0450. The van der Waals surface area contributed by atoms with Crippen molar-refractivity contribution in [3.8, 4) is 0 Å². The van der Waals surface area contributed by atoms with E-state index < -0.39 is 0 Å². The molecule has 6 heteroatoms. The van der Waals surface area contributed by atoms with Gasteiger partial charge in [-0.1, -0.05) is 40.7 Å². The predicted octanol–water partition coefficient (Wildman–Crippen LogP) is 3.41. The van der Waals surface area contributed by atoms with Crippen LogP contribution in [0.3, 0.4) is 0 Å². The van der Waals surface area contributed by atoms with Crippen molar-refractivity contribution in [1.29, 1.82) is 0 Å². The Bertz CT molecular complexity index is 1070. The Morgan fingerprint density at radius 2 is 1.89 bits per heavy atom. The topological polar surface area (TPSA) is 45.6 Å². The highest BCUT2D eigenvalue weighted by Gasteiger charge is 2.34. The Labute approximate surface area is 166 Å². The van der Waals surface area contributed by atoms with Crippen molar-refractivity contribution < 1.29 is 9.59 Å². The SMILES string of the molecule is C=CC(=O)N1CC(N(C)C(=O)Cn2c3ccccc3c3cc(Br)ccc32)C1. The Balaban J connectivity index is 1.60. The third-order valence-corrected chi connectivity index (χ3v) is 5.81. The minimum atomic E-state index is -0.0833. The van der Waals surface area contributed by atoms with Gasteiger partial charge in [-0.15, -0.1) is 0 Å². The molecule has 0 unspecified atom stereocenters. The fourth-order valence-electron chi connectivity index (χ4n) is 3.66. The number of benzene rings is 2. The van der Waals surface area contributed by atoms with Crippen LogP contribution >= 0.6 is 15.9 Å². The summed E-state index contributed by atoms with van der Waals surface area (Å²) in [5, 5.41) is 2.26. The van der Waals surface area contributed by atoms with E-state index in [1.807, 2.05) is 37.4 Å². The summed E-state index contributed by atoms with van der Waals surface area (Å²) >= 11 is 3.54. The summed E-state index contributed by atoms with van der Waals surface area (Å²) in [7, 11) is 1.81. The van der Waals surface area contributed by atoms with Crippen LogP contribution in [-0.2, 0) is 16.1 Å². The number of halogens is 1. The van der Waals surface area contributed by atoms with Crippen LogP contribution in [0.5, 0.6) is 0 Å². The van der Waals surface area contributed by atoms with E-state index in [9.17, 15) is 9.59 Å². The molecule has 3 aromatic rings. The van der Waals surface area contributed by atoms with E-state index in [2.05, 4.69) is 39.2 Å². The zero-order valence-corrected chi connectivity index (χ0v) is 16.6. The molecule has 2 amide bonds. The molecular weight excluding hydrogens is 406 g/mol. The summed E-state index contributed by atoms with van der Waals surface area (Å²) in [6.07, 6.45) is 1.31. The molecule has 0 atom stereocenters. The maximum Gasteiger partial charge on any atom is 0.246 e. The molecule has 0 spiro atoms. The maximum atomic E-state index is 12.9. The van der Waals surface area contributed by atoms with E-state index in [0.717, 1.165) is 26.3 Å². The van der Waals surface area contributed by atoms with E-state index in [1.165, 1.54) is 6.08 Å². The number of likely N-dealkylation sites (N-methyl/N-ethyl adjacent to an activating group) is 1. The number of hydrogen-bond acceptors (Lipinski definition) is 2. The van der Waals surface area contributed by atoms with Crippen molar-refractivity contribution in [3.05, 3.63) is 59.6 Å². The van der Waals surface area contributed by atoms with Crippen LogP contribution in [0.25, 0.3) is 21.8 Å². The van der Waals surface area contributed by atoms with Crippen molar-refractivity contribution in [3.63, 3.8) is 0 Å². The highest BCUT2D eigenvalue weighted by molar-refractivity contribution is 9.10. The van der Waals surface area contributed by atoms with Gasteiger partial charge in [0.05, 0.1) is 6.04 Å². The number of hydrogen-bond donors (Lipinski definition) is 0. The van der Waals surface area contributed by atoms with Crippen LogP contribution < -0.4 is 0 Å². The third kappa shape index (κ3) is 3.04. The zero-order valence-electron chi connectivity index (χ0n) is 15.1. The predicted molar refractivity (Wildman–Crippen MR) is 110 cm³/mol. The molecule has 0 saturated carbocycles. The molecule has 1 fully saturated rings. The van der Waals surface area contributed by atoms with Crippen molar-refractivity contribution in [2.45, 2.75) is 12.6 Å². The van der Waals surface area contributed by atoms with Gasteiger partial charge in [0.2, 0.25) is 11.8 Å². The normalized spacial score (nSPS) is 14.4. The number of nitrogens with zero attached hydrogens (tertiary/aromatic N) is 3. The van der Waals surface area contributed by atoms with Gasteiger partial charge in [-0.3, -0.25) is 9.59 Å². The van der Waals surface area contributed by atoms with E-state index in [1.54, 1.807) is 9.80 Å². The van der Waals surface area contributed by atoms with Gasteiger partial charge in [0.25, 0.3) is 0 Å². The second-order valence-electron chi connectivity index (χ2n) is 6.87. The quantitative estimate of drug-likeness (QED) is 0.601. The molecule has 27 heavy (non-hydrogen) atoms. The van der Waals surface area contributed by atoms with Gasteiger partial charge >= 0.3 is 0 Å². The van der Waals surface area contributed by atoms with Crippen LogP contribution in [0.2, 0.25) is 0 Å². The molecule has 2 aromatic carbocycles. The Hall–Kier alpha value is -2.60. The second kappa shape index (κ2) is 6.85. The monoisotopic (exact) mass is 425 g/mol. The van der Waals surface area contributed by atoms with Crippen LogP contribution in [0.4, 0.5) is 0 Å². The summed E-state index contributed by atoms with van der Waals surface area (Å²) in [6, 6.07) is 14.3. The van der Waals surface area contributed by atoms with Crippen molar-refractivity contribution in [2.24, 2.45) is 0 Å². The number of amides is 2. The summed E-state index contributed by atoms with van der Waals surface area (Å²) in [4.78, 5) is 28.0. The number of likely N-dealkylation sites (tertiary alicyclic amines) is 1. The van der Waals surface area contributed by atoms with Crippen LogP contribution in [0, 0.1) is 0 Å². The lowest BCUT2D eigenvalue weighted by molar-refractivity contribution is -0.142. The third-order valence-electron chi connectivity index (χ3n) is 5.32. The standard InChI is InChI=1S/C21H20BrN3O2/c1-3-20(26)24-11-15(12-24)23(2)21(27)13-25-18-7-5-4-6-16(18)17-10-14(22)8-9-19(17)25/h3-10,15H,1,11-13H2,2H3. The van der Waals surface area contributed by atoms with Crippen LogP contribution in [0.1, 0.15) is 0 Å². The highest BCUT2D eigenvalue weighted by Crippen LogP contribution is 2.31. The number of aromatic nitrogens is 1. The number of rotatable bonds is 4. The molecular formula is C21H20BrN3O2. The molecule has 2 heterocycles. The van der Waals surface area contributed by atoms with Crippen molar-refractivity contribution >= 4 is 49.6 Å². The first-order valence-electron chi connectivity index (χ1n) is 8.83. The molecule has 1 aliphatic rings. The van der Waals surface area contributed by atoms with Crippen LogP contribution in [-0.4, -0.2) is 52.4 Å². The number of para-hydroxylation sites is 1. The lowest BCUT2D eigenvalue weighted by Gasteiger charge is -2.43. The molecule has 1 aliphatic heterocycles. The molecule has 138 valence electrons. The first-order chi connectivity index (χ1) is 13.0. The average Bonchev–Trinajstić information content (AvgIpc) is 2.93. The molecule has 0 N–H and O–H groups in total. The first-order valence-corrected chi connectivity index (χ1v) is 9.62. The van der Waals surface area contributed by atoms with Gasteiger partial charge in [0, 0.05) is 46.4 Å². The van der Waals surface area contributed by atoms with E-state index in [-0.39, 0.29) is 24.4 Å². The van der Waals surface area contributed by atoms with Crippen molar-refractivity contribution in [2.75, 3.05) is 20.1 Å².